The van der Waals surface area contributed by atoms with Gasteiger partial charge in [-0.05, 0) is 87.1 Å². The van der Waals surface area contributed by atoms with E-state index in [9.17, 15) is 4.79 Å². The summed E-state index contributed by atoms with van der Waals surface area (Å²) >= 11 is 0. The summed E-state index contributed by atoms with van der Waals surface area (Å²) < 4.78 is 0. The third kappa shape index (κ3) is 5.45. The van der Waals surface area contributed by atoms with Crippen molar-refractivity contribution in [1.29, 1.82) is 0 Å². The normalized spacial score (nSPS) is 23.6. The topological polar surface area (TPSA) is 35.6 Å². The van der Waals surface area contributed by atoms with Gasteiger partial charge in [0.05, 0.1) is 5.92 Å². The lowest BCUT2D eigenvalue weighted by Gasteiger charge is -2.48. The minimum atomic E-state index is -0.0394. The second-order valence-electron chi connectivity index (χ2n) is 10.5. The van der Waals surface area contributed by atoms with Crippen molar-refractivity contribution in [3.8, 4) is 0 Å². The van der Waals surface area contributed by atoms with Gasteiger partial charge in [0.15, 0.2) is 0 Å². The maximum Gasteiger partial charge on any atom is 0.227 e. The number of amides is 1. The molecule has 0 bridgehead atoms. The van der Waals surface area contributed by atoms with Gasteiger partial charge >= 0.3 is 0 Å². The molecule has 2 saturated heterocycles. The zero-order valence-electron chi connectivity index (χ0n) is 19.9. The highest BCUT2D eigenvalue weighted by atomic mass is 16.1. The summed E-state index contributed by atoms with van der Waals surface area (Å²) in [7, 11) is 1.73. The van der Waals surface area contributed by atoms with Crippen molar-refractivity contribution in [2.45, 2.75) is 77.0 Å². The molecule has 1 unspecified atom stereocenters. The van der Waals surface area contributed by atoms with Crippen molar-refractivity contribution in [3.63, 3.8) is 0 Å². The Kier molecular flexibility index (Phi) is 7.58. The lowest BCUT2D eigenvalue weighted by molar-refractivity contribution is -0.122. The number of hydrogen-bond donors (Lipinski definition) is 1. The van der Waals surface area contributed by atoms with Crippen molar-refractivity contribution in [1.82, 2.24) is 10.2 Å². The zero-order chi connectivity index (χ0) is 21.7. The van der Waals surface area contributed by atoms with Crippen LogP contribution in [0.5, 0.6) is 0 Å². The minimum Gasteiger partial charge on any atom is -0.371 e. The molecule has 1 atom stereocenters. The monoisotopic (exact) mass is 425 g/mol. The van der Waals surface area contributed by atoms with Crippen molar-refractivity contribution in [3.05, 3.63) is 29.8 Å². The number of carbonyl (C=O) groups excluding carboxylic acids is 1. The van der Waals surface area contributed by atoms with E-state index < -0.39 is 0 Å². The van der Waals surface area contributed by atoms with Crippen LogP contribution in [0.1, 0.15) is 82.6 Å². The van der Waals surface area contributed by atoms with Crippen LogP contribution in [0.25, 0.3) is 0 Å². The van der Waals surface area contributed by atoms with Gasteiger partial charge in [0.2, 0.25) is 5.91 Å². The molecule has 1 aromatic rings. The molecule has 31 heavy (non-hydrogen) atoms. The molecule has 4 heteroatoms. The fourth-order valence-electron chi connectivity index (χ4n) is 6.35. The highest BCUT2D eigenvalue weighted by Crippen LogP contribution is 2.42. The van der Waals surface area contributed by atoms with E-state index in [0.29, 0.717) is 5.41 Å². The summed E-state index contributed by atoms with van der Waals surface area (Å²) in [6.45, 7) is 8.44. The van der Waals surface area contributed by atoms with Crippen LogP contribution < -0.4 is 10.2 Å². The van der Waals surface area contributed by atoms with Crippen molar-refractivity contribution in [2.24, 2.45) is 11.3 Å². The number of carbonyl (C=O) groups is 1. The van der Waals surface area contributed by atoms with Gasteiger partial charge in [0.1, 0.15) is 0 Å². The second-order valence-corrected chi connectivity index (χ2v) is 10.5. The first kappa shape index (κ1) is 22.6. The van der Waals surface area contributed by atoms with E-state index in [2.05, 4.69) is 46.3 Å². The van der Waals surface area contributed by atoms with E-state index in [1.54, 1.807) is 7.05 Å². The van der Waals surface area contributed by atoms with Gasteiger partial charge in [-0.2, -0.15) is 0 Å². The summed E-state index contributed by atoms with van der Waals surface area (Å²) in [5.41, 5.74) is 3.04. The molecule has 1 spiro atoms. The van der Waals surface area contributed by atoms with Crippen LogP contribution >= 0.6 is 0 Å². The Morgan fingerprint density at radius 3 is 2.19 bits per heavy atom. The smallest absolute Gasteiger partial charge is 0.227 e. The Balaban J connectivity index is 1.26. The van der Waals surface area contributed by atoms with E-state index in [1.807, 2.05) is 0 Å². The molecule has 1 amide bonds. The fourth-order valence-corrected chi connectivity index (χ4v) is 6.35. The Hall–Kier alpha value is -1.55. The molecule has 1 saturated carbocycles. The number of nitrogens with one attached hydrogen (secondary N) is 1. The summed E-state index contributed by atoms with van der Waals surface area (Å²) in [5, 5.41) is 2.80. The van der Waals surface area contributed by atoms with Gasteiger partial charge in [-0.1, -0.05) is 38.3 Å². The Morgan fingerprint density at radius 1 is 1.00 bits per heavy atom. The van der Waals surface area contributed by atoms with Crippen molar-refractivity contribution >= 4 is 11.6 Å². The van der Waals surface area contributed by atoms with Crippen LogP contribution in [0.4, 0.5) is 5.69 Å². The largest absolute Gasteiger partial charge is 0.371 e. The Bertz CT molecular complexity index is 692. The summed E-state index contributed by atoms with van der Waals surface area (Å²) in [6.07, 6.45) is 13.6. The number of nitrogens with zero attached hydrogens (tertiary/aromatic N) is 2. The Morgan fingerprint density at radius 2 is 1.61 bits per heavy atom. The standard InChI is InChI=1S/C27H43N3O/c1-3-25(26(31)28-2)23-9-11-24(12-10-23)30-19-15-27(16-20-30)13-17-29(18-14-27)21-22-7-5-4-6-8-22/h9-12,22,25H,3-8,13-21H2,1-2H3,(H,28,31). The molecule has 0 aromatic heterocycles. The lowest BCUT2D eigenvalue weighted by Crippen LogP contribution is -2.47. The highest BCUT2D eigenvalue weighted by Gasteiger charge is 2.38. The minimum absolute atomic E-state index is 0.0394. The number of piperidine rings is 2. The predicted molar refractivity (Wildman–Crippen MR) is 130 cm³/mol. The first-order chi connectivity index (χ1) is 15.1. The summed E-state index contributed by atoms with van der Waals surface area (Å²) in [5.74, 6) is 1.05. The van der Waals surface area contributed by atoms with Crippen LogP contribution in [-0.4, -0.2) is 50.6 Å². The van der Waals surface area contributed by atoms with Gasteiger partial charge in [-0.15, -0.1) is 0 Å². The van der Waals surface area contributed by atoms with E-state index >= 15 is 0 Å². The number of likely N-dealkylation sites (N-methyl/N-ethyl adjacent to an activating group) is 1. The quantitative estimate of drug-likeness (QED) is 0.681. The maximum atomic E-state index is 12.1. The first-order valence-corrected chi connectivity index (χ1v) is 12.9. The highest BCUT2D eigenvalue weighted by molar-refractivity contribution is 5.83. The fraction of sp³-hybridized carbons (Fsp3) is 0.741. The van der Waals surface area contributed by atoms with Gasteiger partial charge in [-0.25, -0.2) is 0 Å². The summed E-state index contributed by atoms with van der Waals surface area (Å²) in [4.78, 5) is 17.5. The number of rotatable bonds is 6. The predicted octanol–water partition coefficient (Wildman–Crippen LogP) is 5.19. The van der Waals surface area contributed by atoms with E-state index in [0.717, 1.165) is 17.9 Å². The Labute approximate surface area is 189 Å². The third-order valence-corrected chi connectivity index (χ3v) is 8.61. The van der Waals surface area contributed by atoms with Crippen molar-refractivity contribution < 1.29 is 4.79 Å². The molecule has 1 N–H and O–H groups in total. The van der Waals surface area contributed by atoms with Crippen molar-refractivity contribution in [2.75, 3.05) is 44.7 Å². The summed E-state index contributed by atoms with van der Waals surface area (Å²) in [6, 6.07) is 8.77. The number of anilines is 1. The molecule has 0 radical (unpaired) electrons. The SMILES string of the molecule is CCC(C(=O)NC)c1ccc(N2CCC3(CCN(CC4CCCCC4)CC3)CC2)cc1. The molecule has 3 aliphatic rings. The molecule has 4 rings (SSSR count). The molecular formula is C27H43N3O. The molecule has 3 fully saturated rings. The lowest BCUT2D eigenvalue weighted by atomic mass is 9.71. The van der Waals surface area contributed by atoms with Gasteiger partial charge < -0.3 is 15.1 Å². The van der Waals surface area contributed by atoms with E-state index in [-0.39, 0.29) is 11.8 Å². The maximum absolute atomic E-state index is 12.1. The molecule has 1 aromatic carbocycles. The molecule has 2 aliphatic heterocycles. The number of likely N-dealkylation sites (tertiary alicyclic amines) is 1. The van der Waals surface area contributed by atoms with Gasteiger partial charge in [0, 0.05) is 32.4 Å². The third-order valence-electron chi connectivity index (χ3n) is 8.61. The second kappa shape index (κ2) is 10.4. The average molecular weight is 426 g/mol. The van der Waals surface area contributed by atoms with Crippen LogP contribution in [0, 0.1) is 11.3 Å². The van der Waals surface area contributed by atoms with Crippen LogP contribution in [0.2, 0.25) is 0 Å². The zero-order valence-corrected chi connectivity index (χ0v) is 19.9. The van der Waals surface area contributed by atoms with Gasteiger partial charge in [0.25, 0.3) is 0 Å². The molecule has 4 nitrogen and oxygen atoms in total. The van der Waals surface area contributed by atoms with Crippen LogP contribution in [-0.2, 0) is 4.79 Å². The van der Waals surface area contributed by atoms with Gasteiger partial charge in [-0.3, -0.25) is 4.79 Å². The average Bonchev–Trinajstić information content (AvgIpc) is 2.83. The number of hydrogen-bond acceptors (Lipinski definition) is 3. The first-order valence-electron chi connectivity index (χ1n) is 12.9. The number of benzene rings is 1. The molecule has 2 heterocycles. The molecule has 1 aliphatic carbocycles. The molecular weight excluding hydrogens is 382 g/mol. The van der Waals surface area contributed by atoms with Crippen LogP contribution in [0.3, 0.4) is 0 Å². The molecule has 172 valence electrons. The van der Waals surface area contributed by atoms with E-state index in [4.69, 9.17) is 0 Å². The van der Waals surface area contributed by atoms with E-state index in [1.165, 1.54) is 96.2 Å². The van der Waals surface area contributed by atoms with Crippen LogP contribution in [0.15, 0.2) is 24.3 Å².